The van der Waals surface area contributed by atoms with Crippen LogP contribution in [0, 0.1) is 0 Å². The minimum Gasteiger partial charge on any atom is -0.497 e. The zero-order valence-electron chi connectivity index (χ0n) is 10.6. The predicted octanol–water partition coefficient (Wildman–Crippen LogP) is 3.40. The van der Waals surface area contributed by atoms with Crippen molar-refractivity contribution in [1.29, 1.82) is 0 Å². The molecule has 0 saturated carbocycles. The van der Waals surface area contributed by atoms with Crippen molar-refractivity contribution >= 4 is 0 Å². The summed E-state index contributed by atoms with van der Waals surface area (Å²) < 4.78 is 5.21. The van der Waals surface area contributed by atoms with Gasteiger partial charge in [-0.2, -0.15) is 0 Å². The average Bonchev–Trinajstić information content (AvgIpc) is 2.40. The smallest absolute Gasteiger partial charge is 0.119 e. The molecule has 2 heteroatoms. The lowest BCUT2D eigenvalue weighted by Gasteiger charge is -2.29. The third kappa shape index (κ3) is 2.52. The first-order chi connectivity index (χ1) is 8.14. The van der Waals surface area contributed by atoms with Gasteiger partial charge in [-0.1, -0.05) is 18.2 Å². The summed E-state index contributed by atoms with van der Waals surface area (Å²) in [4.78, 5) is 0. The minimum absolute atomic E-state index is 0.791. The Labute approximate surface area is 103 Å². The van der Waals surface area contributed by atoms with Crippen LogP contribution in [0.5, 0.6) is 5.75 Å². The third-order valence-electron chi connectivity index (χ3n) is 3.55. The number of rotatable bonds is 3. The van der Waals surface area contributed by atoms with E-state index in [4.69, 9.17) is 4.74 Å². The molecule has 1 N–H and O–H groups in total. The van der Waals surface area contributed by atoms with Gasteiger partial charge in [-0.15, -0.1) is 0 Å². The van der Waals surface area contributed by atoms with Crippen molar-refractivity contribution in [3.05, 3.63) is 41.5 Å². The highest BCUT2D eigenvalue weighted by molar-refractivity contribution is 5.37. The molecule has 0 heterocycles. The lowest BCUT2D eigenvalue weighted by molar-refractivity contribution is 0.0912. The van der Waals surface area contributed by atoms with Crippen molar-refractivity contribution in [2.45, 2.75) is 38.2 Å². The Morgan fingerprint density at radius 1 is 1.29 bits per heavy atom. The number of allylic oxidation sites excluding steroid dienone is 1. The topological polar surface area (TPSA) is 29.5 Å². The fourth-order valence-corrected chi connectivity index (χ4v) is 2.39. The molecule has 0 amide bonds. The molecule has 0 aliphatic heterocycles. The molecule has 92 valence electrons. The van der Waals surface area contributed by atoms with E-state index in [2.05, 4.69) is 6.08 Å². The summed E-state index contributed by atoms with van der Waals surface area (Å²) in [6, 6.07) is 7.69. The zero-order chi connectivity index (χ0) is 12.3. The maximum atomic E-state index is 10.7. The van der Waals surface area contributed by atoms with Crippen LogP contribution in [-0.4, -0.2) is 12.2 Å². The summed E-state index contributed by atoms with van der Waals surface area (Å²) in [5.74, 6) is 0.791. The molecule has 1 aliphatic carbocycles. The molecular formula is C15H20O2. The van der Waals surface area contributed by atoms with E-state index in [-0.39, 0.29) is 0 Å². The third-order valence-corrected chi connectivity index (χ3v) is 3.55. The Kier molecular flexibility index (Phi) is 3.53. The SMILES string of the molecule is COc1cccc(C(C)(O)C2=CCCCC2)c1. The second kappa shape index (κ2) is 4.92. The van der Waals surface area contributed by atoms with E-state index in [0.29, 0.717) is 0 Å². The van der Waals surface area contributed by atoms with Crippen LogP contribution in [0.3, 0.4) is 0 Å². The molecule has 0 aromatic heterocycles. The van der Waals surface area contributed by atoms with E-state index in [1.807, 2.05) is 31.2 Å². The molecule has 2 rings (SSSR count). The standard InChI is InChI=1S/C15H20O2/c1-15(16,12-7-4-3-5-8-12)13-9-6-10-14(11-13)17-2/h6-7,9-11,16H,3-5,8H2,1-2H3. The van der Waals surface area contributed by atoms with Gasteiger partial charge in [-0.25, -0.2) is 0 Å². The Hall–Kier alpha value is -1.28. The first kappa shape index (κ1) is 12.2. The first-order valence-electron chi connectivity index (χ1n) is 6.21. The molecule has 0 fully saturated rings. The van der Waals surface area contributed by atoms with E-state index in [1.165, 1.54) is 12.8 Å². The molecule has 1 aromatic carbocycles. The number of methoxy groups -OCH3 is 1. The highest BCUT2D eigenvalue weighted by Crippen LogP contribution is 2.36. The van der Waals surface area contributed by atoms with Crippen LogP contribution in [0.15, 0.2) is 35.9 Å². The van der Waals surface area contributed by atoms with Gasteiger partial charge in [0.2, 0.25) is 0 Å². The lowest BCUT2D eigenvalue weighted by atomic mass is 9.82. The lowest BCUT2D eigenvalue weighted by Crippen LogP contribution is -2.25. The van der Waals surface area contributed by atoms with E-state index in [0.717, 1.165) is 29.7 Å². The van der Waals surface area contributed by atoms with Crippen molar-refractivity contribution in [2.24, 2.45) is 0 Å². The van der Waals surface area contributed by atoms with Crippen LogP contribution in [0.4, 0.5) is 0 Å². The van der Waals surface area contributed by atoms with Gasteiger partial charge in [0.05, 0.1) is 7.11 Å². The predicted molar refractivity (Wildman–Crippen MR) is 69.1 cm³/mol. The highest BCUT2D eigenvalue weighted by Gasteiger charge is 2.28. The summed E-state index contributed by atoms with van der Waals surface area (Å²) in [7, 11) is 1.65. The fourth-order valence-electron chi connectivity index (χ4n) is 2.39. The van der Waals surface area contributed by atoms with Gasteiger partial charge >= 0.3 is 0 Å². The zero-order valence-corrected chi connectivity index (χ0v) is 10.6. The molecule has 17 heavy (non-hydrogen) atoms. The molecule has 1 aliphatic rings. The Morgan fingerprint density at radius 2 is 2.12 bits per heavy atom. The van der Waals surface area contributed by atoms with Crippen molar-refractivity contribution < 1.29 is 9.84 Å². The molecular weight excluding hydrogens is 212 g/mol. The fraction of sp³-hybridized carbons (Fsp3) is 0.467. The van der Waals surface area contributed by atoms with Crippen LogP contribution in [0.2, 0.25) is 0 Å². The van der Waals surface area contributed by atoms with Crippen molar-refractivity contribution in [3.8, 4) is 5.75 Å². The average molecular weight is 232 g/mol. The second-order valence-corrected chi connectivity index (χ2v) is 4.78. The number of benzene rings is 1. The number of ether oxygens (including phenoxy) is 1. The van der Waals surface area contributed by atoms with E-state index in [9.17, 15) is 5.11 Å². The first-order valence-corrected chi connectivity index (χ1v) is 6.21. The summed E-state index contributed by atoms with van der Waals surface area (Å²) in [6.45, 7) is 1.87. The molecule has 1 unspecified atom stereocenters. The van der Waals surface area contributed by atoms with Crippen LogP contribution in [-0.2, 0) is 5.60 Å². The van der Waals surface area contributed by atoms with Crippen LogP contribution in [0.1, 0.15) is 38.2 Å². The van der Waals surface area contributed by atoms with E-state index in [1.54, 1.807) is 7.11 Å². The number of hydrogen-bond donors (Lipinski definition) is 1. The number of hydrogen-bond acceptors (Lipinski definition) is 2. The Morgan fingerprint density at radius 3 is 2.76 bits per heavy atom. The summed E-state index contributed by atoms with van der Waals surface area (Å²) in [5.41, 5.74) is 1.18. The summed E-state index contributed by atoms with van der Waals surface area (Å²) >= 11 is 0. The van der Waals surface area contributed by atoms with E-state index >= 15 is 0 Å². The van der Waals surface area contributed by atoms with Crippen LogP contribution < -0.4 is 4.74 Å². The van der Waals surface area contributed by atoms with Gasteiger partial charge < -0.3 is 9.84 Å². The van der Waals surface area contributed by atoms with Crippen LogP contribution >= 0.6 is 0 Å². The molecule has 1 atom stereocenters. The minimum atomic E-state index is -0.866. The Bertz CT molecular complexity index is 419. The molecule has 1 aromatic rings. The maximum absolute atomic E-state index is 10.7. The summed E-state index contributed by atoms with van der Waals surface area (Å²) in [6.07, 6.45) is 6.66. The Balaban J connectivity index is 2.32. The summed E-state index contributed by atoms with van der Waals surface area (Å²) in [5, 5.41) is 10.7. The van der Waals surface area contributed by atoms with Gasteiger partial charge in [0.15, 0.2) is 0 Å². The largest absolute Gasteiger partial charge is 0.497 e. The normalized spacial score (nSPS) is 19.4. The van der Waals surface area contributed by atoms with E-state index < -0.39 is 5.60 Å². The van der Waals surface area contributed by atoms with Gasteiger partial charge in [0.1, 0.15) is 11.4 Å². The monoisotopic (exact) mass is 232 g/mol. The van der Waals surface area contributed by atoms with Crippen molar-refractivity contribution in [1.82, 2.24) is 0 Å². The highest BCUT2D eigenvalue weighted by atomic mass is 16.5. The number of aliphatic hydroxyl groups is 1. The molecule has 2 nitrogen and oxygen atoms in total. The van der Waals surface area contributed by atoms with Gasteiger partial charge in [0, 0.05) is 0 Å². The quantitative estimate of drug-likeness (QED) is 0.809. The van der Waals surface area contributed by atoms with Crippen LogP contribution in [0.25, 0.3) is 0 Å². The van der Waals surface area contributed by atoms with Gasteiger partial charge in [0.25, 0.3) is 0 Å². The maximum Gasteiger partial charge on any atom is 0.119 e. The van der Waals surface area contributed by atoms with Gasteiger partial charge in [-0.3, -0.25) is 0 Å². The molecule has 0 spiro atoms. The van der Waals surface area contributed by atoms with Crippen molar-refractivity contribution in [2.75, 3.05) is 7.11 Å². The van der Waals surface area contributed by atoms with Crippen molar-refractivity contribution in [3.63, 3.8) is 0 Å². The molecule has 0 radical (unpaired) electrons. The second-order valence-electron chi connectivity index (χ2n) is 4.78. The molecule has 0 saturated heterocycles. The molecule has 0 bridgehead atoms. The van der Waals surface area contributed by atoms with Gasteiger partial charge in [-0.05, 0) is 55.9 Å².